The molecule has 10 heteroatoms. The van der Waals surface area contributed by atoms with E-state index in [-0.39, 0.29) is 37.9 Å². The number of carbonyl (C=O) groups is 1. The smallest absolute Gasteiger partial charge is 0.253 e. The quantitative estimate of drug-likeness (QED) is 0.465. The van der Waals surface area contributed by atoms with Gasteiger partial charge in [-0.15, -0.1) is 0 Å². The second kappa shape index (κ2) is 7.67. The SMILES string of the molecule is [N-]=[N+]=NCc1cc(N=[N+]=[N-])cc(C(=O)N2CCC(CO)(CO)C2)c1. The zero-order valence-electron chi connectivity index (χ0n) is 12.9. The first kappa shape index (κ1) is 17.6. The highest BCUT2D eigenvalue weighted by molar-refractivity contribution is 5.95. The number of likely N-dealkylation sites (tertiary alicyclic amines) is 1. The molecule has 0 saturated carbocycles. The molecule has 1 fully saturated rings. The monoisotopic (exact) mass is 331 g/mol. The number of hydrogen-bond acceptors (Lipinski definition) is 5. The van der Waals surface area contributed by atoms with Crippen LogP contribution in [-0.4, -0.2) is 47.3 Å². The predicted octanol–water partition coefficient (Wildman–Crippen LogP) is 2.26. The molecule has 126 valence electrons. The molecule has 1 aromatic carbocycles. The van der Waals surface area contributed by atoms with Gasteiger partial charge in [0.25, 0.3) is 5.91 Å². The third-order valence-electron chi connectivity index (χ3n) is 4.10. The standard InChI is InChI=1S/C14H17N7O3/c15-19-17-6-10-3-11(5-12(4-10)18-20-16)13(24)21-2-1-14(7-21,8-22)9-23/h3-5,22-23H,1-2,6-9H2. The summed E-state index contributed by atoms with van der Waals surface area (Å²) in [5.41, 5.74) is 17.4. The number of rotatable bonds is 6. The van der Waals surface area contributed by atoms with Crippen LogP contribution in [0.25, 0.3) is 20.9 Å². The minimum Gasteiger partial charge on any atom is -0.396 e. The van der Waals surface area contributed by atoms with E-state index in [2.05, 4.69) is 20.1 Å². The van der Waals surface area contributed by atoms with E-state index in [1.54, 1.807) is 17.0 Å². The topological polar surface area (TPSA) is 158 Å². The lowest BCUT2D eigenvalue weighted by Gasteiger charge is -2.24. The maximum atomic E-state index is 12.7. The largest absolute Gasteiger partial charge is 0.396 e. The second-order valence-corrected chi connectivity index (χ2v) is 5.76. The molecule has 2 N–H and O–H groups in total. The Morgan fingerprint density at radius 3 is 2.58 bits per heavy atom. The normalized spacial score (nSPS) is 15.5. The van der Waals surface area contributed by atoms with Crippen molar-refractivity contribution < 1.29 is 15.0 Å². The predicted molar refractivity (Wildman–Crippen MR) is 85.2 cm³/mol. The highest BCUT2D eigenvalue weighted by Gasteiger charge is 2.39. The van der Waals surface area contributed by atoms with Crippen LogP contribution in [0.4, 0.5) is 5.69 Å². The Morgan fingerprint density at radius 2 is 2.00 bits per heavy atom. The van der Waals surface area contributed by atoms with Crippen LogP contribution in [0.15, 0.2) is 28.4 Å². The van der Waals surface area contributed by atoms with Gasteiger partial charge in [-0.05, 0) is 41.2 Å². The molecule has 0 aromatic heterocycles. The van der Waals surface area contributed by atoms with Crippen molar-refractivity contribution >= 4 is 11.6 Å². The molecule has 0 unspecified atom stereocenters. The van der Waals surface area contributed by atoms with Gasteiger partial charge in [-0.2, -0.15) is 0 Å². The first-order valence-corrected chi connectivity index (χ1v) is 7.28. The van der Waals surface area contributed by atoms with Crippen molar-refractivity contribution in [1.29, 1.82) is 0 Å². The molecule has 0 radical (unpaired) electrons. The van der Waals surface area contributed by atoms with Gasteiger partial charge in [-0.1, -0.05) is 10.2 Å². The molecular formula is C14H17N7O3. The maximum absolute atomic E-state index is 12.7. The molecule has 0 bridgehead atoms. The van der Waals surface area contributed by atoms with Gasteiger partial charge in [0, 0.05) is 39.6 Å². The number of amides is 1. The molecule has 1 amide bonds. The molecule has 24 heavy (non-hydrogen) atoms. The molecule has 1 aromatic rings. The van der Waals surface area contributed by atoms with Gasteiger partial charge in [-0.3, -0.25) is 4.79 Å². The van der Waals surface area contributed by atoms with Crippen molar-refractivity contribution in [3.8, 4) is 0 Å². The molecule has 1 aliphatic heterocycles. The molecule has 0 aliphatic carbocycles. The Balaban J connectivity index is 2.30. The van der Waals surface area contributed by atoms with Crippen LogP contribution in [0.1, 0.15) is 22.3 Å². The molecule has 10 nitrogen and oxygen atoms in total. The number of aliphatic hydroxyl groups is 2. The van der Waals surface area contributed by atoms with E-state index in [0.29, 0.717) is 24.1 Å². The average Bonchev–Trinajstić information content (AvgIpc) is 3.04. The zero-order chi connectivity index (χ0) is 17.6. The lowest BCUT2D eigenvalue weighted by Crippen LogP contribution is -2.36. The summed E-state index contributed by atoms with van der Waals surface area (Å²) in [4.78, 5) is 19.6. The second-order valence-electron chi connectivity index (χ2n) is 5.76. The molecule has 2 rings (SSSR count). The van der Waals surface area contributed by atoms with Gasteiger partial charge in [0.15, 0.2) is 0 Å². The lowest BCUT2D eigenvalue weighted by molar-refractivity contribution is 0.0548. The van der Waals surface area contributed by atoms with Crippen LogP contribution in [0.5, 0.6) is 0 Å². The zero-order valence-corrected chi connectivity index (χ0v) is 12.9. The van der Waals surface area contributed by atoms with Crippen LogP contribution < -0.4 is 0 Å². The van der Waals surface area contributed by atoms with Crippen molar-refractivity contribution in [3.63, 3.8) is 0 Å². The number of benzene rings is 1. The molecule has 1 heterocycles. The van der Waals surface area contributed by atoms with Crippen LogP contribution in [0, 0.1) is 5.41 Å². The Bertz CT molecular complexity index is 719. The van der Waals surface area contributed by atoms with Crippen molar-refractivity contribution in [1.82, 2.24) is 4.90 Å². The van der Waals surface area contributed by atoms with E-state index in [1.165, 1.54) is 6.07 Å². The van der Waals surface area contributed by atoms with Crippen LogP contribution in [0.2, 0.25) is 0 Å². The minimum absolute atomic E-state index is 0.0305. The van der Waals surface area contributed by atoms with Crippen LogP contribution in [-0.2, 0) is 6.54 Å². The lowest BCUT2D eigenvalue weighted by atomic mass is 9.89. The number of carbonyl (C=O) groups excluding carboxylic acids is 1. The fourth-order valence-corrected chi connectivity index (χ4v) is 2.71. The van der Waals surface area contributed by atoms with Gasteiger partial charge in [0.2, 0.25) is 0 Å². The highest BCUT2D eigenvalue weighted by atomic mass is 16.3. The summed E-state index contributed by atoms with van der Waals surface area (Å²) < 4.78 is 0. The Morgan fingerprint density at radius 1 is 1.25 bits per heavy atom. The van der Waals surface area contributed by atoms with Crippen molar-refractivity contribution in [3.05, 3.63) is 50.2 Å². The van der Waals surface area contributed by atoms with Gasteiger partial charge in [0.1, 0.15) is 0 Å². The van der Waals surface area contributed by atoms with E-state index in [9.17, 15) is 15.0 Å². The van der Waals surface area contributed by atoms with Crippen LogP contribution in [0.3, 0.4) is 0 Å². The van der Waals surface area contributed by atoms with Gasteiger partial charge in [0.05, 0.1) is 19.8 Å². The molecule has 1 aliphatic rings. The van der Waals surface area contributed by atoms with Crippen molar-refractivity contribution in [2.24, 2.45) is 15.6 Å². The highest BCUT2D eigenvalue weighted by Crippen LogP contribution is 2.31. The summed E-state index contributed by atoms with van der Waals surface area (Å²) in [6.07, 6.45) is 0.507. The third kappa shape index (κ3) is 3.76. The summed E-state index contributed by atoms with van der Waals surface area (Å²) >= 11 is 0. The summed E-state index contributed by atoms with van der Waals surface area (Å²) in [6, 6.07) is 4.58. The van der Waals surface area contributed by atoms with E-state index < -0.39 is 5.41 Å². The number of aliphatic hydroxyl groups excluding tert-OH is 2. The number of nitrogens with zero attached hydrogens (tertiary/aromatic N) is 7. The maximum Gasteiger partial charge on any atom is 0.253 e. The van der Waals surface area contributed by atoms with Crippen LogP contribution >= 0.6 is 0 Å². The fourth-order valence-electron chi connectivity index (χ4n) is 2.71. The fraction of sp³-hybridized carbons (Fsp3) is 0.500. The average molecular weight is 331 g/mol. The number of hydrogen-bond donors (Lipinski definition) is 2. The Kier molecular flexibility index (Phi) is 5.62. The first-order chi connectivity index (χ1) is 11.6. The Hall–Kier alpha value is -2.77. The Labute approximate surface area is 137 Å². The van der Waals surface area contributed by atoms with E-state index in [4.69, 9.17) is 11.1 Å². The molecule has 0 atom stereocenters. The summed E-state index contributed by atoms with van der Waals surface area (Å²) in [5, 5.41) is 25.8. The molecule has 1 saturated heterocycles. The van der Waals surface area contributed by atoms with E-state index in [1.807, 2.05) is 0 Å². The van der Waals surface area contributed by atoms with Gasteiger partial charge < -0.3 is 15.1 Å². The summed E-state index contributed by atoms with van der Waals surface area (Å²) in [5.74, 6) is -0.295. The van der Waals surface area contributed by atoms with E-state index in [0.717, 1.165) is 0 Å². The minimum atomic E-state index is -0.688. The first-order valence-electron chi connectivity index (χ1n) is 7.28. The van der Waals surface area contributed by atoms with E-state index >= 15 is 0 Å². The summed E-state index contributed by atoms with van der Waals surface area (Å²) in [7, 11) is 0. The molecule has 0 spiro atoms. The number of azide groups is 2. The molecular weight excluding hydrogens is 314 g/mol. The van der Waals surface area contributed by atoms with Gasteiger partial charge >= 0.3 is 0 Å². The van der Waals surface area contributed by atoms with Crippen molar-refractivity contribution in [2.75, 3.05) is 26.3 Å². The van der Waals surface area contributed by atoms with Crippen molar-refractivity contribution in [2.45, 2.75) is 13.0 Å². The third-order valence-corrected chi connectivity index (χ3v) is 4.10. The van der Waals surface area contributed by atoms with Gasteiger partial charge in [-0.25, -0.2) is 0 Å². The summed E-state index contributed by atoms with van der Waals surface area (Å²) in [6.45, 7) is 0.290.